The number of hydrogen-bond donors (Lipinski definition) is 3. The van der Waals surface area contributed by atoms with E-state index in [9.17, 15) is 19.4 Å². The van der Waals surface area contributed by atoms with Gasteiger partial charge in [-0.3, -0.25) is 18.6 Å². The summed E-state index contributed by atoms with van der Waals surface area (Å²) in [7, 11) is -4.21. The summed E-state index contributed by atoms with van der Waals surface area (Å²) in [6.07, 6.45) is 0.373. The molecule has 0 amide bonds. The number of aromatic nitrogens is 5. The van der Waals surface area contributed by atoms with Crippen LogP contribution in [0.2, 0.25) is 0 Å². The number of fused-ring (bicyclic) bond motifs is 4. The van der Waals surface area contributed by atoms with Crippen molar-refractivity contribution in [1.29, 1.82) is 0 Å². The largest absolute Gasteiger partial charge is 0.472 e. The van der Waals surface area contributed by atoms with Crippen molar-refractivity contribution in [3.63, 3.8) is 0 Å². The number of hydrogen-bond acceptors (Lipinski definition) is 8. The molecule has 3 N–H and O–H groups in total. The van der Waals surface area contributed by atoms with Gasteiger partial charge >= 0.3 is 13.5 Å². The van der Waals surface area contributed by atoms with Crippen LogP contribution in [-0.2, 0) is 18.3 Å². The first-order valence-electron chi connectivity index (χ1n) is 7.36. The maximum absolute atomic E-state index is 12.1. The number of nitrogens with zero attached hydrogens (tertiary/aromatic N) is 4. The molecule has 3 aromatic heterocycles. The monoisotopic (exact) mass is 369 g/mol. The summed E-state index contributed by atoms with van der Waals surface area (Å²) >= 11 is 0. The molecule has 1 unspecified atom stereocenters. The van der Waals surface area contributed by atoms with E-state index in [0.717, 1.165) is 0 Å². The molecular weight excluding hydrogens is 357 g/mol. The van der Waals surface area contributed by atoms with Crippen molar-refractivity contribution in [3.05, 3.63) is 29.2 Å². The van der Waals surface area contributed by atoms with Gasteiger partial charge in [-0.15, -0.1) is 0 Å². The molecule has 3 aromatic rings. The summed E-state index contributed by atoms with van der Waals surface area (Å²) in [4.78, 5) is 32.6. The van der Waals surface area contributed by atoms with Crippen LogP contribution >= 0.6 is 7.82 Å². The molecule has 13 heteroatoms. The molecule has 0 bridgehead atoms. The van der Waals surface area contributed by atoms with Gasteiger partial charge in [-0.05, 0) is 0 Å². The standard InChI is InChI=1S/C12H12N5O7P/c18-7-8-5(3-22-25(20,21)24-8)23-11(7)17-4-14-6-9-13-1-2-16(9)12(19)15-10(6)17/h1-2,4-5,7-8,11,18H,3H2,(H,15,19)(H,20,21)/t5-,7-,8-,11-/m1/s1. The van der Waals surface area contributed by atoms with Crippen LogP contribution in [-0.4, -0.2) is 58.8 Å². The number of nitrogens with one attached hydrogen (secondary N) is 1. The molecule has 25 heavy (non-hydrogen) atoms. The molecule has 2 aliphatic heterocycles. The number of ether oxygens (including phenoxy) is 1. The van der Waals surface area contributed by atoms with Gasteiger partial charge in [0.15, 0.2) is 11.9 Å². The average molecular weight is 369 g/mol. The Bertz CT molecular complexity index is 1090. The van der Waals surface area contributed by atoms with Crippen molar-refractivity contribution < 1.29 is 28.3 Å². The molecule has 0 aromatic carbocycles. The number of H-pyrrole nitrogens is 1. The molecule has 2 aliphatic rings. The zero-order valence-corrected chi connectivity index (χ0v) is 13.3. The highest BCUT2D eigenvalue weighted by Gasteiger charge is 2.52. The third kappa shape index (κ3) is 2.13. The predicted octanol–water partition coefficient (Wildman–Crippen LogP) is -0.854. The predicted molar refractivity (Wildman–Crippen MR) is 79.7 cm³/mol. The van der Waals surface area contributed by atoms with Crippen LogP contribution in [0.15, 0.2) is 23.5 Å². The number of aliphatic hydroxyl groups is 1. The van der Waals surface area contributed by atoms with Crippen molar-refractivity contribution in [2.45, 2.75) is 24.5 Å². The SMILES string of the molecule is O=c1[nH]c2c(ncn2[C@@H]2O[C@@H]3COP(=O)(O)O[C@H]3[C@H]2O)c2nccn12. The van der Waals surface area contributed by atoms with E-state index < -0.39 is 38.1 Å². The Kier molecular flexibility index (Phi) is 3.02. The van der Waals surface area contributed by atoms with Crippen LogP contribution in [0, 0.1) is 0 Å². The summed E-state index contributed by atoms with van der Waals surface area (Å²) in [6.45, 7) is -0.195. The molecule has 0 saturated carbocycles. The second kappa shape index (κ2) is 4.97. The number of rotatable bonds is 1. The van der Waals surface area contributed by atoms with Crippen LogP contribution in [0.1, 0.15) is 6.23 Å². The fraction of sp³-hybridized carbons (Fsp3) is 0.417. The van der Waals surface area contributed by atoms with E-state index in [0.29, 0.717) is 16.8 Å². The van der Waals surface area contributed by atoms with Gasteiger partial charge in [0.2, 0.25) is 0 Å². The zero-order valence-electron chi connectivity index (χ0n) is 12.4. The lowest BCUT2D eigenvalue weighted by Gasteiger charge is -2.27. The van der Waals surface area contributed by atoms with Gasteiger partial charge in [0.1, 0.15) is 29.5 Å². The lowest BCUT2D eigenvalue weighted by molar-refractivity contribution is -0.0664. The van der Waals surface area contributed by atoms with E-state index in [1.807, 2.05) is 0 Å². The van der Waals surface area contributed by atoms with Gasteiger partial charge in [0, 0.05) is 12.4 Å². The summed E-state index contributed by atoms with van der Waals surface area (Å²) in [5, 5.41) is 10.5. The molecule has 0 aliphatic carbocycles. The third-order valence-corrected chi connectivity index (χ3v) is 5.32. The van der Waals surface area contributed by atoms with Crippen LogP contribution in [0.5, 0.6) is 0 Å². The van der Waals surface area contributed by atoms with Gasteiger partial charge < -0.3 is 14.7 Å². The van der Waals surface area contributed by atoms with Crippen LogP contribution < -0.4 is 5.69 Å². The highest BCUT2D eigenvalue weighted by atomic mass is 31.2. The summed E-state index contributed by atoms with van der Waals surface area (Å²) in [5.74, 6) is 0. The lowest BCUT2D eigenvalue weighted by atomic mass is 10.1. The normalized spacial score (nSPS) is 35.4. The molecule has 5 atom stereocenters. The zero-order chi connectivity index (χ0) is 17.3. The Morgan fingerprint density at radius 1 is 1.40 bits per heavy atom. The Morgan fingerprint density at radius 3 is 3.08 bits per heavy atom. The minimum atomic E-state index is -4.21. The Hall–Kier alpha value is -2.08. The highest BCUT2D eigenvalue weighted by Crippen LogP contribution is 2.52. The molecule has 0 radical (unpaired) electrons. The highest BCUT2D eigenvalue weighted by molar-refractivity contribution is 7.47. The minimum absolute atomic E-state index is 0.195. The maximum Gasteiger partial charge on any atom is 0.472 e. The van der Waals surface area contributed by atoms with Crippen LogP contribution in [0.25, 0.3) is 16.8 Å². The van der Waals surface area contributed by atoms with Crippen LogP contribution in [0.4, 0.5) is 0 Å². The van der Waals surface area contributed by atoms with E-state index in [4.69, 9.17) is 13.8 Å². The lowest BCUT2D eigenvalue weighted by Crippen LogP contribution is -2.39. The van der Waals surface area contributed by atoms with Crippen molar-refractivity contribution in [1.82, 2.24) is 23.9 Å². The average Bonchev–Trinajstić information content (AvgIpc) is 3.25. The topological polar surface area (TPSA) is 153 Å². The fourth-order valence-electron chi connectivity index (χ4n) is 3.21. The summed E-state index contributed by atoms with van der Waals surface area (Å²) < 4.78 is 29.6. The fourth-order valence-corrected chi connectivity index (χ4v) is 4.18. The molecule has 5 heterocycles. The molecular formula is C12H12N5O7P. The molecule has 12 nitrogen and oxygen atoms in total. The second-order valence-electron chi connectivity index (χ2n) is 5.79. The van der Waals surface area contributed by atoms with Crippen molar-refractivity contribution in [3.8, 4) is 0 Å². The van der Waals surface area contributed by atoms with Gasteiger partial charge in [-0.1, -0.05) is 0 Å². The van der Waals surface area contributed by atoms with E-state index >= 15 is 0 Å². The number of phosphoric acid groups is 1. The van der Waals surface area contributed by atoms with E-state index in [-0.39, 0.29) is 6.61 Å². The first-order chi connectivity index (χ1) is 11.9. The summed E-state index contributed by atoms with van der Waals surface area (Å²) in [6, 6.07) is 0. The molecule has 132 valence electrons. The van der Waals surface area contributed by atoms with Crippen molar-refractivity contribution in [2.75, 3.05) is 6.61 Å². The Balaban J connectivity index is 1.61. The third-order valence-electron chi connectivity index (χ3n) is 4.33. The summed E-state index contributed by atoms with van der Waals surface area (Å²) in [5.41, 5.74) is 0.660. The minimum Gasteiger partial charge on any atom is -0.386 e. The quantitative estimate of drug-likeness (QED) is 0.465. The molecule has 0 spiro atoms. The molecule has 2 saturated heterocycles. The first kappa shape index (κ1) is 15.2. The van der Waals surface area contributed by atoms with Gasteiger partial charge in [0.05, 0.1) is 12.9 Å². The Morgan fingerprint density at radius 2 is 2.24 bits per heavy atom. The molecule has 2 fully saturated rings. The van der Waals surface area contributed by atoms with Crippen molar-refractivity contribution in [2.24, 2.45) is 0 Å². The first-order valence-corrected chi connectivity index (χ1v) is 8.85. The molecule has 5 rings (SSSR count). The number of aromatic amines is 1. The smallest absolute Gasteiger partial charge is 0.386 e. The number of imidazole rings is 2. The van der Waals surface area contributed by atoms with E-state index in [1.54, 1.807) is 0 Å². The number of phosphoric ester groups is 1. The second-order valence-corrected chi connectivity index (χ2v) is 7.20. The van der Waals surface area contributed by atoms with Crippen molar-refractivity contribution >= 4 is 24.6 Å². The van der Waals surface area contributed by atoms with Gasteiger partial charge in [-0.25, -0.2) is 23.7 Å². The van der Waals surface area contributed by atoms with E-state index in [2.05, 4.69) is 15.0 Å². The Labute approximate surface area is 138 Å². The van der Waals surface area contributed by atoms with E-state index in [1.165, 1.54) is 27.7 Å². The van der Waals surface area contributed by atoms with Gasteiger partial charge in [0.25, 0.3) is 0 Å². The van der Waals surface area contributed by atoms with Gasteiger partial charge in [-0.2, -0.15) is 0 Å². The van der Waals surface area contributed by atoms with Crippen LogP contribution in [0.3, 0.4) is 0 Å². The number of aliphatic hydroxyl groups excluding tert-OH is 1. The maximum atomic E-state index is 12.1.